The number of anilines is 1. The summed E-state index contributed by atoms with van der Waals surface area (Å²) in [4.78, 5) is 0. The maximum absolute atomic E-state index is 6.06. The predicted molar refractivity (Wildman–Crippen MR) is 96.3 cm³/mol. The molecule has 1 aliphatic heterocycles. The first-order valence-electron chi connectivity index (χ1n) is 8.61. The summed E-state index contributed by atoms with van der Waals surface area (Å²) < 4.78 is 8.14. The Bertz CT molecular complexity index is 864. The van der Waals surface area contributed by atoms with Gasteiger partial charge in [0.05, 0.1) is 11.7 Å². The number of hydrogen-bond acceptors (Lipinski definition) is 4. The van der Waals surface area contributed by atoms with Gasteiger partial charge in [0, 0.05) is 37.0 Å². The molecule has 0 unspecified atom stereocenters. The summed E-state index contributed by atoms with van der Waals surface area (Å²) >= 11 is 0. The molecule has 5 nitrogen and oxygen atoms in total. The van der Waals surface area contributed by atoms with Crippen molar-refractivity contribution in [2.24, 2.45) is 5.92 Å². The fourth-order valence-corrected chi connectivity index (χ4v) is 3.56. The number of furan rings is 1. The topological polar surface area (TPSA) is 55.0 Å². The number of aromatic nitrogens is 2. The Morgan fingerprint density at radius 3 is 3.04 bits per heavy atom. The number of nitrogens with one attached hydrogen (secondary N) is 2. The van der Waals surface area contributed by atoms with E-state index in [4.69, 9.17) is 4.42 Å². The summed E-state index contributed by atoms with van der Waals surface area (Å²) in [5, 5.41) is 12.8. The van der Waals surface area contributed by atoms with Crippen molar-refractivity contribution in [3.63, 3.8) is 0 Å². The lowest BCUT2D eigenvalue weighted by Gasteiger charge is -2.26. The minimum Gasteiger partial charge on any atom is -0.459 e. The molecular formula is C19H24N4O. The van der Waals surface area contributed by atoms with Crippen LogP contribution in [0.3, 0.4) is 0 Å². The van der Waals surface area contributed by atoms with Gasteiger partial charge in [0.2, 0.25) is 0 Å². The number of fused-ring (bicyclic) bond motifs is 2. The van der Waals surface area contributed by atoms with Crippen LogP contribution in [0.1, 0.15) is 30.0 Å². The number of aryl methyl sites for hydroxylation is 2. The van der Waals surface area contributed by atoms with Crippen LogP contribution in [0.2, 0.25) is 0 Å². The summed E-state index contributed by atoms with van der Waals surface area (Å²) in [5.74, 6) is 2.68. The lowest BCUT2D eigenvalue weighted by Crippen LogP contribution is -2.36. The quantitative estimate of drug-likeness (QED) is 0.769. The van der Waals surface area contributed by atoms with Crippen molar-refractivity contribution in [3.05, 3.63) is 47.3 Å². The highest BCUT2D eigenvalue weighted by molar-refractivity contribution is 5.82. The third-order valence-corrected chi connectivity index (χ3v) is 4.89. The molecule has 0 bridgehead atoms. The summed E-state index contributed by atoms with van der Waals surface area (Å²) in [5.41, 5.74) is 3.27. The smallest absolute Gasteiger partial charge is 0.134 e. The van der Waals surface area contributed by atoms with E-state index in [0.29, 0.717) is 5.92 Å². The van der Waals surface area contributed by atoms with Crippen LogP contribution in [-0.2, 0) is 6.54 Å². The molecule has 4 rings (SSSR count). The molecule has 2 N–H and O–H groups in total. The van der Waals surface area contributed by atoms with Gasteiger partial charge in [0.1, 0.15) is 17.2 Å². The van der Waals surface area contributed by atoms with E-state index in [1.54, 1.807) is 0 Å². The molecule has 3 aromatic rings. The standard InChI is InChI=1S/C19H24N4O/c1-12-8-18-21-10-15(11-23(18)22-12)9-20-14(3)19-13(2)16-6-4-5-7-17(16)24-19/h4-8,14-15,20-21H,9-11H2,1-3H3/t14-,15+/m1/s1. The van der Waals surface area contributed by atoms with E-state index in [-0.39, 0.29) is 6.04 Å². The Kier molecular flexibility index (Phi) is 3.81. The van der Waals surface area contributed by atoms with Crippen LogP contribution in [0.15, 0.2) is 34.7 Å². The second-order valence-electron chi connectivity index (χ2n) is 6.82. The summed E-state index contributed by atoms with van der Waals surface area (Å²) in [6.07, 6.45) is 0. The molecule has 0 spiro atoms. The van der Waals surface area contributed by atoms with Gasteiger partial charge in [-0.1, -0.05) is 18.2 Å². The largest absolute Gasteiger partial charge is 0.459 e. The van der Waals surface area contributed by atoms with Gasteiger partial charge in [-0.25, -0.2) is 4.68 Å². The van der Waals surface area contributed by atoms with Crippen molar-refractivity contribution in [2.75, 3.05) is 18.4 Å². The van der Waals surface area contributed by atoms with E-state index >= 15 is 0 Å². The monoisotopic (exact) mass is 324 g/mol. The van der Waals surface area contributed by atoms with Crippen LogP contribution >= 0.6 is 0 Å². The van der Waals surface area contributed by atoms with Crippen LogP contribution < -0.4 is 10.6 Å². The van der Waals surface area contributed by atoms with Gasteiger partial charge in [0.25, 0.3) is 0 Å². The van der Waals surface area contributed by atoms with Crippen LogP contribution in [-0.4, -0.2) is 22.9 Å². The molecule has 0 fully saturated rings. The SMILES string of the molecule is Cc1cc2n(n1)C[C@@H](CN[C@H](C)c1oc3ccccc3c1C)CN2. The number of hydrogen-bond donors (Lipinski definition) is 2. The molecule has 5 heteroatoms. The fraction of sp³-hybridized carbons (Fsp3) is 0.421. The van der Waals surface area contributed by atoms with Gasteiger partial charge >= 0.3 is 0 Å². The molecule has 126 valence electrons. The first-order chi connectivity index (χ1) is 11.6. The highest BCUT2D eigenvalue weighted by Crippen LogP contribution is 2.29. The molecule has 0 saturated heterocycles. The number of para-hydroxylation sites is 1. The lowest BCUT2D eigenvalue weighted by molar-refractivity contribution is 0.359. The number of rotatable bonds is 4. The van der Waals surface area contributed by atoms with Crippen LogP contribution in [0, 0.1) is 19.8 Å². The molecular weight excluding hydrogens is 300 g/mol. The van der Waals surface area contributed by atoms with Crippen LogP contribution in [0.5, 0.6) is 0 Å². The molecule has 3 heterocycles. The zero-order valence-electron chi connectivity index (χ0n) is 14.5. The summed E-state index contributed by atoms with van der Waals surface area (Å²) in [7, 11) is 0. The Morgan fingerprint density at radius 1 is 1.38 bits per heavy atom. The van der Waals surface area contributed by atoms with Gasteiger partial charge in [-0.05, 0) is 32.4 Å². The highest BCUT2D eigenvalue weighted by atomic mass is 16.3. The maximum atomic E-state index is 6.06. The molecule has 0 radical (unpaired) electrons. The number of benzene rings is 1. The average Bonchev–Trinajstić information content (AvgIpc) is 3.12. The van der Waals surface area contributed by atoms with Gasteiger partial charge in [-0.2, -0.15) is 5.10 Å². The Morgan fingerprint density at radius 2 is 2.21 bits per heavy atom. The van der Waals surface area contributed by atoms with E-state index in [1.165, 1.54) is 10.9 Å². The normalized spacial score (nSPS) is 18.4. The summed E-state index contributed by atoms with van der Waals surface area (Å²) in [6, 6.07) is 10.5. The second kappa shape index (κ2) is 5.98. The van der Waals surface area contributed by atoms with Crippen molar-refractivity contribution in [2.45, 2.75) is 33.4 Å². The van der Waals surface area contributed by atoms with Gasteiger partial charge in [0.15, 0.2) is 0 Å². The van der Waals surface area contributed by atoms with Gasteiger partial charge in [-0.3, -0.25) is 0 Å². The van der Waals surface area contributed by atoms with Crippen molar-refractivity contribution < 1.29 is 4.42 Å². The molecule has 24 heavy (non-hydrogen) atoms. The van der Waals surface area contributed by atoms with E-state index in [2.05, 4.69) is 52.5 Å². The van der Waals surface area contributed by atoms with E-state index < -0.39 is 0 Å². The zero-order chi connectivity index (χ0) is 16.7. The molecule has 1 aliphatic rings. The first kappa shape index (κ1) is 15.3. The Hall–Kier alpha value is -2.27. The van der Waals surface area contributed by atoms with Gasteiger partial charge in [-0.15, -0.1) is 0 Å². The Labute approximate surface area is 142 Å². The zero-order valence-corrected chi connectivity index (χ0v) is 14.5. The highest BCUT2D eigenvalue weighted by Gasteiger charge is 2.21. The van der Waals surface area contributed by atoms with E-state index in [9.17, 15) is 0 Å². The molecule has 0 saturated carbocycles. The van der Waals surface area contributed by atoms with Crippen molar-refractivity contribution in [1.82, 2.24) is 15.1 Å². The molecule has 2 aromatic heterocycles. The van der Waals surface area contributed by atoms with Crippen molar-refractivity contribution >= 4 is 16.8 Å². The number of nitrogens with zero attached hydrogens (tertiary/aromatic N) is 2. The Balaban J connectivity index is 1.43. The third-order valence-electron chi connectivity index (χ3n) is 4.89. The minimum atomic E-state index is 0.193. The molecule has 2 atom stereocenters. The fourth-order valence-electron chi connectivity index (χ4n) is 3.56. The van der Waals surface area contributed by atoms with Gasteiger partial charge < -0.3 is 15.1 Å². The van der Waals surface area contributed by atoms with Crippen molar-refractivity contribution in [1.29, 1.82) is 0 Å². The predicted octanol–water partition coefficient (Wildman–Crippen LogP) is 3.64. The first-order valence-corrected chi connectivity index (χ1v) is 8.61. The molecule has 0 aliphatic carbocycles. The second-order valence-corrected chi connectivity index (χ2v) is 6.82. The lowest BCUT2D eigenvalue weighted by atomic mass is 10.1. The molecule has 0 amide bonds. The third kappa shape index (κ3) is 2.69. The van der Waals surface area contributed by atoms with E-state index in [0.717, 1.165) is 42.5 Å². The summed E-state index contributed by atoms with van der Waals surface area (Å²) in [6.45, 7) is 9.21. The van der Waals surface area contributed by atoms with Crippen LogP contribution in [0.25, 0.3) is 11.0 Å². The minimum absolute atomic E-state index is 0.193. The average molecular weight is 324 g/mol. The molecule has 1 aromatic carbocycles. The maximum Gasteiger partial charge on any atom is 0.134 e. The van der Waals surface area contributed by atoms with Crippen LogP contribution in [0.4, 0.5) is 5.82 Å². The van der Waals surface area contributed by atoms with Crippen molar-refractivity contribution in [3.8, 4) is 0 Å². The van der Waals surface area contributed by atoms with E-state index in [1.807, 2.05) is 19.1 Å².